The number of benzene rings is 1. The lowest BCUT2D eigenvalue weighted by molar-refractivity contribution is -0.940. The molecular weight excluding hydrogens is 396 g/mol. The SMILES string of the molecule is CCOC(=O)Cc1csc(=S)n1C[NH+]1CCC[C@@H]1c1cc(OC)ccc1OC. The summed E-state index contributed by atoms with van der Waals surface area (Å²) in [6, 6.07) is 6.25. The minimum atomic E-state index is -0.216. The standard InChI is InChI=1S/C20H26N2O4S2/c1-4-26-19(23)10-14-12-28-20(27)22(14)13-21-9-5-6-17(21)16-11-15(24-2)7-8-18(16)25-3/h7-8,11-12,17H,4-6,9-10,13H2,1-3H3/p+1/t17-/m1/s1. The van der Waals surface area contributed by atoms with Gasteiger partial charge in [0.05, 0.1) is 39.4 Å². The lowest BCUT2D eigenvalue weighted by atomic mass is 10.0. The monoisotopic (exact) mass is 423 g/mol. The van der Waals surface area contributed by atoms with Crippen LogP contribution in [-0.4, -0.2) is 37.9 Å². The van der Waals surface area contributed by atoms with E-state index in [0.29, 0.717) is 12.6 Å². The van der Waals surface area contributed by atoms with E-state index in [4.69, 9.17) is 26.4 Å². The van der Waals surface area contributed by atoms with Crippen molar-refractivity contribution in [3.05, 3.63) is 38.8 Å². The zero-order valence-corrected chi connectivity index (χ0v) is 18.2. The molecule has 1 aromatic heterocycles. The molecule has 1 aliphatic heterocycles. The molecule has 1 aliphatic rings. The van der Waals surface area contributed by atoms with E-state index in [1.807, 2.05) is 24.4 Å². The molecule has 1 N–H and O–H groups in total. The minimum Gasteiger partial charge on any atom is -0.497 e. The summed E-state index contributed by atoms with van der Waals surface area (Å²) in [7, 11) is 3.38. The largest absolute Gasteiger partial charge is 0.497 e. The lowest BCUT2D eigenvalue weighted by Gasteiger charge is -2.24. The molecule has 1 fully saturated rings. The first kappa shape index (κ1) is 20.8. The van der Waals surface area contributed by atoms with Crippen LogP contribution >= 0.6 is 23.6 Å². The van der Waals surface area contributed by atoms with Crippen LogP contribution in [-0.2, 0) is 22.6 Å². The summed E-state index contributed by atoms with van der Waals surface area (Å²) in [4.78, 5) is 13.4. The number of likely N-dealkylation sites (tertiary alicyclic amines) is 1. The normalized spacial score (nSPS) is 18.8. The van der Waals surface area contributed by atoms with Gasteiger partial charge in [-0.3, -0.25) is 9.36 Å². The van der Waals surface area contributed by atoms with Gasteiger partial charge in [-0.25, -0.2) is 0 Å². The Morgan fingerprint density at radius 1 is 1.36 bits per heavy atom. The first-order valence-corrected chi connectivity index (χ1v) is 10.8. The number of ether oxygens (including phenoxy) is 3. The van der Waals surface area contributed by atoms with E-state index in [1.54, 1.807) is 14.2 Å². The van der Waals surface area contributed by atoms with Crippen molar-refractivity contribution in [1.29, 1.82) is 0 Å². The topological polar surface area (TPSA) is 54.1 Å². The molecule has 28 heavy (non-hydrogen) atoms. The summed E-state index contributed by atoms with van der Waals surface area (Å²) < 4.78 is 19.0. The summed E-state index contributed by atoms with van der Waals surface area (Å²) in [5, 5.41) is 1.97. The summed E-state index contributed by atoms with van der Waals surface area (Å²) >= 11 is 7.04. The van der Waals surface area contributed by atoms with Crippen LogP contribution in [0.15, 0.2) is 23.6 Å². The Bertz CT molecular complexity index is 877. The van der Waals surface area contributed by atoms with Gasteiger partial charge >= 0.3 is 5.97 Å². The Morgan fingerprint density at radius 3 is 2.89 bits per heavy atom. The van der Waals surface area contributed by atoms with E-state index in [2.05, 4.69) is 10.6 Å². The van der Waals surface area contributed by atoms with Gasteiger partial charge in [0.15, 0.2) is 10.6 Å². The molecule has 0 aliphatic carbocycles. The first-order valence-electron chi connectivity index (χ1n) is 9.46. The van der Waals surface area contributed by atoms with E-state index < -0.39 is 0 Å². The summed E-state index contributed by atoms with van der Waals surface area (Å²) in [6.07, 6.45) is 2.45. The third-order valence-corrected chi connectivity index (χ3v) is 6.47. The summed E-state index contributed by atoms with van der Waals surface area (Å²) in [5.74, 6) is 1.49. The highest BCUT2D eigenvalue weighted by Gasteiger charge is 2.33. The number of carbonyl (C=O) groups is 1. The van der Waals surface area contributed by atoms with Gasteiger partial charge in [0.1, 0.15) is 17.5 Å². The van der Waals surface area contributed by atoms with Crippen molar-refractivity contribution >= 4 is 29.5 Å². The summed E-state index contributed by atoms with van der Waals surface area (Å²) in [6.45, 7) is 3.97. The van der Waals surface area contributed by atoms with Crippen LogP contribution < -0.4 is 14.4 Å². The fraction of sp³-hybridized carbons (Fsp3) is 0.500. The lowest BCUT2D eigenvalue weighted by Crippen LogP contribution is -3.09. The van der Waals surface area contributed by atoms with Crippen molar-refractivity contribution in [2.45, 2.75) is 38.9 Å². The fourth-order valence-corrected chi connectivity index (χ4v) is 4.90. The molecule has 8 heteroatoms. The Balaban J connectivity index is 1.85. The molecule has 1 aromatic carbocycles. The molecule has 2 aromatic rings. The molecule has 0 amide bonds. The van der Waals surface area contributed by atoms with Crippen molar-refractivity contribution < 1.29 is 23.9 Å². The van der Waals surface area contributed by atoms with Crippen LogP contribution in [0.5, 0.6) is 11.5 Å². The van der Waals surface area contributed by atoms with Crippen molar-refractivity contribution in [2.75, 3.05) is 27.4 Å². The second kappa shape index (κ2) is 9.54. The third kappa shape index (κ3) is 4.56. The average molecular weight is 424 g/mol. The van der Waals surface area contributed by atoms with E-state index >= 15 is 0 Å². The number of thiazole rings is 1. The van der Waals surface area contributed by atoms with Gasteiger partial charge in [-0.05, 0) is 37.3 Å². The maximum Gasteiger partial charge on any atom is 0.311 e. The highest BCUT2D eigenvalue weighted by molar-refractivity contribution is 7.73. The second-order valence-corrected chi connectivity index (χ2v) is 8.28. The molecule has 0 bridgehead atoms. The Kier molecular flexibility index (Phi) is 7.09. The zero-order chi connectivity index (χ0) is 20.1. The number of hydrogen-bond donors (Lipinski definition) is 1. The summed E-state index contributed by atoms with van der Waals surface area (Å²) in [5.41, 5.74) is 2.08. The maximum absolute atomic E-state index is 11.9. The number of esters is 1. The number of carbonyl (C=O) groups excluding carboxylic acids is 1. The van der Waals surface area contributed by atoms with Gasteiger partial charge in [-0.1, -0.05) is 0 Å². The maximum atomic E-state index is 11.9. The highest BCUT2D eigenvalue weighted by atomic mass is 32.1. The van der Waals surface area contributed by atoms with Gasteiger partial charge in [0, 0.05) is 23.9 Å². The van der Waals surface area contributed by atoms with Gasteiger partial charge < -0.3 is 19.1 Å². The average Bonchev–Trinajstić information content (AvgIpc) is 3.29. The predicted molar refractivity (Wildman–Crippen MR) is 111 cm³/mol. The molecule has 2 heterocycles. The van der Waals surface area contributed by atoms with E-state index in [1.165, 1.54) is 16.2 Å². The second-order valence-electron chi connectivity index (χ2n) is 6.77. The molecule has 0 radical (unpaired) electrons. The molecule has 1 unspecified atom stereocenters. The van der Waals surface area contributed by atoms with Crippen LogP contribution in [0, 0.1) is 3.95 Å². The third-order valence-electron chi connectivity index (χ3n) is 5.15. The molecule has 1 saturated heterocycles. The van der Waals surface area contributed by atoms with Crippen LogP contribution in [0.4, 0.5) is 0 Å². The van der Waals surface area contributed by atoms with Crippen LogP contribution in [0.3, 0.4) is 0 Å². The van der Waals surface area contributed by atoms with Crippen molar-refractivity contribution in [2.24, 2.45) is 0 Å². The molecule has 0 spiro atoms. The number of rotatable bonds is 8. The number of methoxy groups -OCH3 is 2. The quantitative estimate of drug-likeness (QED) is 0.523. The number of quaternary nitrogens is 1. The molecule has 3 rings (SSSR count). The highest BCUT2D eigenvalue weighted by Crippen LogP contribution is 2.31. The van der Waals surface area contributed by atoms with Crippen molar-refractivity contribution in [1.82, 2.24) is 4.57 Å². The van der Waals surface area contributed by atoms with Gasteiger partial charge in [-0.15, -0.1) is 11.3 Å². The molecule has 6 nitrogen and oxygen atoms in total. The van der Waals surface area contributed by atoms with E-state index in [0.717, 1.165) is 52.8 Å². The number of nitrogens with one attached hydrogen (secondary N) is 1. The Labute approximate surface area is 174 Å². The smallest absolute Gasteiger partial charge is 0.311 e. The van der Waals surface area contributed by atoms with Crippen LogP contribution in [0.25, 0.3) is 0 Å². The molecule has 0 saturated carbocycles. The van der Waals surface area contributed by atoms with Gasteiger partial charge in [-0.2, -0.15) is 0 Å². The number of aromatic nitrogens is 1. The minimum absolute atomic E-state index is 0.216. The number of nitrogens with zero attached hydrogens (tertiary/aromatic N) is 1. The first-order chi connectivity index (χ1) is 13.6. The fourth-order valence-electron chi connectivity index (χ4n) is 3.82. The van der Waals surface area contributed by atoms with Gasteiger partial charge in [0.2, 0.25) is 0 Å². The zero-order valence-electron chi connectivity index (χ0n) is 16.5. The van der Waals surface area contributed by atoms with Gasteiger partial charge in [0.25, 0.3) is 0 Å². The van der Waals surface area contributed by atoms with E-state index in [-0.39, 0.29) is 12.4 Å². The van der Waals surface area contributed by atoms with Crippen molar-refractivity contribution in [3.8, 4) is 11.5 Å². The van der Waals surface area contributed by atoms with E-state index in [9.17, 15) is 4.79 Å². The molecule has 2 atom stereocenters. The Morgan fingerprint density at radius 2 is 2.18 bits per heavy atom. The molecule has 152 valence electrons. The molecular formula is C20H27N2O4S2+. The predicted octanol–water partition coefficient (Wildman–Crippen LogP) is 2.78. The number of hydrogen-bond acceptors (Lipinski definition) is 6. The Hall–Kier alpha value is -1.90. The van der Waals surface area contributed by atoms with Crippen molar-refractivity contribution in [3.63, 3.8) is 0 Å². The van der Waals surface area contributed by atoms with Crippen LogP contribution in [0.1, 0.15) is 37.1 Å². The van der Waals surface area contributed by atoms with Crippen LogP contribution in [0.2, 0.25) is 0 Å².